The number of aromatic nitrogens is 2. The fourth-order valence-electron chi connectivity index (χ4n) is 1.76. The lowest BCUT2D eigenvalue weighted by Gasteiger charge is -2.18. The molecule has 0 aliphatic heterocycles. The molecule has 0 aliphatic carbocycles. The van der Waals surface area contributed by atoms with Crippen LogP contribution in [0.25, 0.3) is 0 Å². The van der Waals surface area contributed by atoms with E-state index in [0.717, 1.165) is 24.3 Å². The van der Waals surface area contributed by atoms with Crippen LogP contribution in [0.5, 0.6) is 0 Å². The van der Waals surface area contributed by atoms with E-state index in [-0.39, 0.29) is 0 Å². The molecule has 2 N–H and O–H groups in total. The van der Waals surface area contributed by atoms with Crippen molar-refractivity contribution in [1.29, 1.82) is 0 Å². The van der Waals surface area contributed by atoms with Crippen molar-refractivity contribution >= 4 is 5.82 Å². The molecule has 2 rings (SSSR count). The van der Waals surface area contributed by atoms with Crippen LogP contribution in [0.4, 0.5) is 5.82 Å². The van der Waals surface area contributed by atoms with E-state index in [1.165, 1.54) is 5.56 Å². The van der Waals surface area contributed by atoms with Gasteiger partial charge in [0.15, 0.2) is 0 Å². The van der Waals surface area contributed by atoms with E-state index in [1.54, 1.807) is 6.20 Å². The molecule has 0 aliphatic rings. The van der Waals surface area contributed by atoms with Crippen LogP contribution < -0.4 is 10.6 Å². The monoisotopic (exact) mass is 242 g/mol. The zero-order valence-corrected chi connectivity index (χ0v) is 10.6. The van der Waals surface area contributed by atoms with Crippen LogP contribution in [-0.4, -0.2) is 23.6 Å². The van der Waals surface area contributed by atoms with Crippen molar-refractivity contribution in [2.75, 3.05) is 18.5 Å². The Balaban J connectivity index is 1.97. The summed E-state index contributed by atoms with van der Waals surface area (Å²) in [6, 6.07) is 8.06. The molecule has 0 amide bonds. The van der Waals surface area contributed by atoms with E-state index < -0.39 is 0 Å². The lowest BCUT2D eigenvalue weighted by atomic mass is 10.2. The number of nitrogens with two attached hydrogens (primary N) is 1. The summed E-state index contributed by atoms with van der Waals surface area (Å²) < 4.78 is 0. The Morgan fingerprint density at radius 1 is 1.11 bits per heavy atom. The summed E-state index contributed by atoms with van der Waals surface area (Å²) in [4.78, 5) is 10.5. The predicted molar refractivity (Wildman–Crippen MR) is 73.3 cm³/mol. The Hall–Kier alpha value is -1.94. The van der Waals surface area contributed by atoms with Crippen molar-refractivity contribution < 1.29 is 0 Å². The fourth-order valence-corrected chi connectivity index (χ4v) is 1.76. The fraction of sp³-hybridized carbons (Fsp3) is 0.286. The molecule has 0 spiro atoms. The standard InChI is InChI=1S/C14H18N4/c1-18(9-5-12-2-6-16-7-3-12)14-10-13(11-15)4-8-17-14/h2-4,6-8,10H,5,9,11,15H2,1H3. The molecule has 0 saturated carbocycles. The summed E-state index contributed by atoms with van der Waals surface area (Å²) in [6.07, 6.45) is 6.43. The third-order valence-corrected chi connectivity index (χ3v) is 2.92. The van der Waals surface area contributed by atoms with Crippen molar-refractivity contribution in [3.63, 3.8) is 0 Å². The maximum Gasteiger partial charge on any atom is 0.128 e. The lowest BCUT2D eigenvalue weighted by molar-refractivity contribution is 0.855. The number of hydrogen-bond acceptors (Lipinski definition) is 4. The molecule has 18 heavy (non-hydrogen) atoms. The number of hydrogen-bond donors (Lipinski definition) is 1. The van der Waals surface area contributed by atoms with Crippen molar-refractivity contribution in [3.05, 3.63) is 54.0 Å². The molecular formula is C14H18N4. The van der Waals surface area contributed by atoms with Gasteiger partial charge in [-0.2, -0.15) is 0 Å². The molecule has 0 fully saturated rings. The van der Waals surface area contributed by atoms with Crippen molar-refractivity contribution in [3.8, 4) is 0 Å². The molecule has 0 atom stereocenters. The molecule has 0 bridgehead atoms. The number of rotatable bonds is 5. The van der Waals surface area contributed by atoms with Crippen molar-refractivity contribution in [2.45, 2.75) is 13.0 Å². The second-order valence-electron chi connectivity index (χ2n) is 4.25. The first-order valence-electron chi connectivity index (χ1n) is 6.04. The molecule has 2 aromatic heterocycles. The topological polar surface area (TPSA) is 55.0 Å². The second kappa shape index (κ2) is 6.12. The summed E-state index contributed by atoms with van der Waals surface area (Å²) in [5.74, 6) is 0.965. The van der Waals surface area contributed by atoms with Gasteiger partial charge >= 0.3 is 0 Å². The Kier molecular flexibility index (Phi) is 4.25. The van der Waals surface area contributed by atoms with Gasteiger partial charge in [0.2, 0.25) is 0 Å². The van der Waals surface area contributed by atoms with Gasteiger partial charge in [-0.25, -0.2) is 4.98 Å². The Bertz CT molecular complexity index is 484. The molecule has 2 aromatic rings. The van der Waals surface area contributed by atoms with Crippen LogP contribution in [0.3, 0.4) is 0 Å². The van der Waals surface area contributed by atoms with E-state index >= 15 is 0 Å². The van der Waals surface area contributed by atoms with E-state index in [9.17, 15) is 0 Å². The smallest absolute Gasteiger partial charge is 0.128 e. The minimum absolute atomic E-state index is 0.549. The number of anilines is 1. The van der Waals surface area contributed by atoms with Crippen LogP contribution in [0.1, 0.15) is 11.1 Å². The van der Waals surface area contributed by atoms with Crippen LogP contribution in [0.2, 0.25) is 0 Å². The number of likely N-dealkylation sites (N-methyl/N-ethyl adjacent to an activating group) is 1. The average molecular weight is 242 g/mol. The van der Waals surface area contributed by atoms with E-state index in [2.05, 4.69) is 14.9 Å². The number of nitrogens with zero attached hydrogens (tertiary/aromatic N) is 3. The van der Waals surface area contributed by atoms with Gasteiger partial charge in [-0.05, 0) is 41.8 Å². The van der Waals surface area contributed by atoms with Gasteiger partial charge in [-0.3, -0.25) is 4.98 Å². The number of pyridine rings is 2. The molecule has 4 heteroatoms. The third-order valence-electron chi connectivity index (χ3n) is 2.92. The zero-order valence-electron chi connectivity index (χ0n) is 10.6. The summed E-state index contributed by atoms with van der Waals surface area (Å²) in [5, 5.41) is 0. The quantitative estimate of drug-likeness (QED) is 0.865. The lowest BCUT2D eigenvalue weighted by Crippen LogP contribution is -2.21. The highest BCUT2D eigenvalue weighted by atomic mass is 15.2. The van der Waals surface area contributed by atoms with Gasteiger partial charge in [0.05, 0.1) is 0 Å². The zero-order chi connectivity index (χ0) is 12.8. The maximum absolute atomic E-state index is 5.63. The third kappa shape index (κ3) is 3.28. The van der Waals surface area contributed by atoms with E-state index in [4.69, 9.17) is 5.73 Å². The molecule has 4 nitrogen and oxygen atoms in total. The van der Waals surface area contributed by atoms with Gasteiger partial charge in [0, 0.05) is 38.7 Å². The van der Waals surface area contributed by atoms with E-state index in [0.29, 0.717) is 6.54 Å². The van der Waals surface area contributed by atoms with Gasteiger partial charge in [0.25, 0.3) is 0 Å². The Morgan fingerprint density at radius 2 is 1.83 bits per heavy atom. The SMILES string of the molecule is CN(CCc1ccncc1)c1cc(CN)ccn1. The normalized spacial score (nSPS) is 10.3. The van der Waals surface area contributed by atoms with Gasteiger partial charge in [-0.1, -0.05) is 0 Å². The molecule has 0 saturated heterocycles. The first-order valence-corrected chi connectivity index (χ1v) is 6.04. The van der Waals surface area contributed by atoms with Gasteiger partial charge in [0.1, 0.15) is 5.82 Å². The average Bonchev–Trinajstić information content (AvgIpc) is 2.46. The molecular weight excluding hydrogens is 224 g/mol. The molecule has 2 heterocycles. The second-order valence-corrected chi connectivity index (χ2v) is 4.25. The first kappa shape index (κ1) is 12.5. The van der Waals surface area contributed by atoms with Crippen LogP contribution in [0, 0.1) is 0 Å². The highest BCUT2D eigenvalue weighted by Gasteiger charge is 2.03. The summed E-state index contributed by atoms with van der Waals surface area (Å²) in [5.41, 5.74) is 8.02. The summed E-state index contributed by atoms with van der Waals surface area (Å²) in [7, 11) is 2.05. The van der Waals surface area contributed by atoms with E-state index in [1.807, 2.05) is 43.7 Å². The van der Waals surface area contributed by atoms with Crippen molar-refractivity contribution in [2.24, 2.45) is 5.73 Å². The predicted octanol–water partition coefficient (Wildman–Crippen LogP) is 1.61. The van der Waals surface area contributed by atoms with Crippen molar-refractivity contribution in [1.82, 2.24) is 9.97 Å². The largest absolute Gasteiger partial charge is 0.359 e. The van der Waals surface area contributed by atoms with Crippen LogP contribution in [0.15, 0.2) is 42.9 Å². The van der Waals surface area contributed by atoms with Crippen LogP contribution in [-0.2, 0) is 13.0 Å². The highest BCUT2D eigenvalue weighted by molar-refractivity contribution is 5.40. The maximum atomic E-state index is 5.63. The molecule has 0 unspecified atom stereocenters. The van der Waals surface area contributed by atoms with Crippen LogP contribution >= 0.6 is 0 Å². The molecule has 0 radical (unpaired) electrons. The molecule has 94 valence electrons. The van der Waals surface area contributed by atoms with Gasteiger partial charge < -0.3 is 10.6 Å². The highest BCUT2D eigenvalue weighted by Crippen LogP contribution is 2.11. The Morgan fingerprint density at radius 3 is 2.56 bits per heavy atom. The minimum atomic E-state index is 0.549. The van der Waals surface area contributed by atoms with Gasteiger partial charge in [-0.15, -0.1) is 0 Å². The molecule has 0 aromatic carbocycles. The Labute approximate surface area is 107 Å². The summed E-state index contributed by atoms with van der Waals surface area (Å²) >= 11 is 0. The first-order chi connectivity index (χ1) is 8.79. The summed E-state index contributed by atoms with van der Waals surface area (Å²) in [6.45, 7) is 1.47. The minimum Gasteiger partial charge on any atom is -0.359 e.